The van der Waals surface area contributed by atoms with Crippen LogP contribution in [0, 0.1) is 5.82 Å². The first-order chi connectivity index (χ1) is 57.5. The molecule has 0 radical (unpaired) electrons. The lowest BCUT2D eigenvalue weighted by molar-refractivity contribution is -0.136. The highest BCUT2D eigenvalue weighted by Gasteiger charge is 2.36. The van der Waals surface area contributed by atoms with Crippen LogP contribution < -0.4 is 63.0 Å². The minimum Gasteiger partial charge on any atom is -0.384 e. The zero-order chi connectivity index (χ0) is 82.5. The molecular formula is C86H96FN23O9. The summed E-state index contributed by atoms with van der Waals surface area (Å²) in [6.07, 6.45) is 13.2. The summed E-state index contributed by atoms with van der Waals surface area (Å²) in [5.41, 5.74) is 4.41. The van der Waals surface area contributed by atoms with Crippen LogP contribution in [0.3, 0.4) is 0 Å². The van der Waals surface area contributed by atoms with Gasteiger partial charge in [0, 0.05) is 151 Å². The fraction of sp³-hybridized carbons (Fsp3) is 0.384. The molecule has 7 N–H and O–H groups in total. The third kappa shape index (κ3) is 16.0. The van der Waals surface area contributed by atoms with Gasteiger partial charge in [-0.15, -0.1) is 6.58 Å². The number of hydrogen-bond donors (Lipinski definition) is 7. The maximum absolute atomic E-state index is 15.5. The van der Waals surface area contributed by atoms with Gasteiger partial charge in [-0.25, -0.2) is 47.8 Å². The number of aromatic nitrogens is 12. The van der Waals surface area contributed by atoms with Gasteiger partial charge < -0.3 is 45.8 Å². The van der Waals surface area contributed by atoms with Gasteiger partial charge in [-0.2, -0.15) is 9.97 Å². The predicted molar refractivity (Wildman–Crippen MR) is 453 cm³/mol. The Morgan fingerprint density at radius 3 is 1.57 bits per heavy atom. The van der Waals surface area contributed by atoms with Crippen LogP contribution in [-0.4, -0.2) is 198 Å². The van der Waals surface area contributed by atoms with Crippen LogP contribution in [0.5, 0.6) is 0 Å². The normalized spacial score (nSPS) is 19.0. The lowest BCUT2D eigenvalue weighted by Crippen LogP contribution is -2.53. The quantitative estimate of drug-likeness (QED) is 0.0239. The summed E-state index contributed by atoms with van der Waals surface area (Å²) in [6.45, 7) is 18.8. The van der Waals surface area contributed by atoms with Crippen molar-refractivity contribution in [2.24, 2.45) is 7.05 Å². The van der Waals surface area contributed by atoms with E-state index in [9.17, 15) is 43.8 Å². The number of pyridine rings is 2. The number of amides is 4. The van der Waals surface area contributed by atoms with Gasteiger partial charge >= 0.3 is 5.69 Å². The van der Waals surface area contributed by atoms with E-state index in [1.165, 1.54) is 32.4 Å². The second-order valence-electron chi connectivity index (χ2n) is 32.3. The zero-order valence-corrected chi connectivity index (χ0v) is 66.9. The first kappa shape index (κ1) is 78.8. The fourth-order valence-corrected chi connectivity index (χ4v) is 17.6. The summed E-state index contributed by atoms with van der Waals surface area (Å²) < 4.78 is 24.8. The zero-order valence-electron chi connectivity index (χ0n) is 66.9. The highest BCUT2D eigenvalue weighted by molar-refractivity contribution is 6.02. The Balaban J connectivity index is 0.520. The molecule has 32 nitrogen and oxygen atoms in total. The van der Waals surface area contributed by atoms with Crippen molar-refractivity contribution in [2.45, 2.75) is 127 Å². The minimum absolute atomic E-state index is 0.0186. The minimum atomic E-state index is -1.57. The van der Waals surface area contributed by atoms with Crippen molar-refractivity contribution >= 4 is 108 Å². The van der Waals surface area contributed by atoms with Gasteiger partial charge in [0.15, 0.2) is 22.9 Å². The van der Waals surface area contributed by atoms with Gasteiger partial charge in [-0.05, 0) is 169 Å². The number of allylic oxidation sites excluding steroid dienone is 2. The van der Waals surface area contributed by atoms with E-state index in [0.717, 1.165) is 125 Å². The molecule has 0 saturated carbocycles. The third-order valence-corrected chi connectivity index (χ3v) is 24.1. The first-order valence-electron chi connectivity index (χ1n) is 40.8. The second-order valence-corrected chi connectivity index (χ2v) is 32.3. The topological polar surface area (TPSA) is 346 Å². The lowest BCUT2D eigenvalue weighted by atomic mass is 9.97. The number of carbonyl (C=O) groups excluding carboxylic acids is 4. The molecule has 11 aromatic rings. The Morgan fingerprint density at radius 1 is 0.538 bits per heavy atom. The standard InChI is InChI=1S/C86H96FN23O9/c1-6-37-106-80(115)61-52-88-82(91-54-18-23-57(24-19-54)100-39-32-59(33-40-100)102-43-47-104(48-44-102)65-28-22-56(51-63(65)87)90-64-27-30-73(111)95-78(64)113)97-76(61)109(106)72-17-11-15-70(94-72)86(4,119)36-7-8-38-107-81(116)62-53-89-83(98-77(62)110(107)71-16-10-14-69(93-71)85(2,3)118)92-55-20-25-58(26-21-55)101-41-34-60(35-42-101)103-45-49-105(50-46-103)66-12-9-13-67-75(66)99(5)84(117)108(67)68-29-31-74(112)96-79(68)114/h6-26,28,51-53,59-60,64,68,90,118-119H,1,27,29-50H2,2-5H3,(H,88,91,97)(H,89,92,98)(H,95,111,113)(H,96,112,114)/b8-7+. The number of piperazine rings is 2. The molecule has 616 valence electrons. The smallest absolute Gasteiger partial charge is 0.329 e. The number of halogens is 1. The molecule has 4 amide bonds. The highest BCUT2D eigenvalue weighted by atomic mass is 19.1. The number of para-hydroxylation sites is 1. The van der Waals surface area contributed by atoms with Crippen LogP contribution in [0.2, 0.25) is 0 Å². The average molecular weight is 1610 g/mol. The lowest BCUT2D eigenvalue weighted by Gasteiger charge is -2.44. The number of nitrogens with zero attached hydrogens (tertiary/aromatic N) is 18. The molecule has 3 atom stereocenters. The molecule has 0 aliphatic carbocycles. The third-order valence-electron chi connectivity index (χ3n) is 24.1. The number of imide groups is 2. The maximum atomic E-state index is 15.5. The number of rotatable bonds is 23. The van der Waals surface area contributed by atoms with Gasteiger partial charge in [-0.3, -0.25) is 58.3 Å². The molecule has 33 heteroatoms. The molecule has 0 bridgehead atoms. The van der Waals surface area contributed by atoms with E-state index in [-0.39, 0.29) is 102 Å². The van der Waals surface area contributed by atoms with Crippen LogP contribution in [0.1, 0.15) is 96.0 Å². The summed E-state index contributed by atoms with van der Waals surface area (Å²) in [6, 6.07) is 36.9. The summed E-state index contributed by atoms with van der Waals surface area (Å²) in [7, 11) is 1.74. The van der Waals surface area contributed by atoms with E-state index in [1.807, 2.05) is 42.5 Å². The molecule has 17 rings (SSSR count). The van der Waals surface area contributed by atoms with Crippen molar-refractivity contribution in [1.82, 2.24) is 78.2 Å². The van der Waals surface area contributed by atoms with Gasteiger partial charge in [0.1, 0.15) is 39.9 Å². The van der Waals surface area contributed by atoms with Gasteiger partial charge in [-0.1, -0.05) is 36.4 Å². The van der Waals surface area contributed by atoms with Gasteiger partial charge in [0.05, 0.1) is 46.9 Å². The van der Waals surface area contributed by atoms with Crippen molar-refractivity contribution in [3.63, 3.8) is 0 Å². The van der Waals surface area contributed by atoms with E-state index < -0.39 is 40.7 Å². The van der Waals surface area contributed by atoms with Gasteiger partial charge in [0.2, 0.25) is 35.5 Å². The SMILES string of the molecule is C=CCn1c(=O)c2cnc(Nc3ccc(N4CCC(N5CCN(c6ccc(NC7CCC(=O)NC7=O)cc6F)CC5)CC4)cc3)nc2n1-c1cccc(C(C)(O)C/C=C/Cn2c(=O)c3cnc(Nc4ccc(N5CCC(N6CCN(c7cccc8c7n(C)c(=O)n8C7CCC(=O)NC7=O)CC6)CC5)cc4)nc3n2-c2cccc(C(C)(C)O)n2)n1. The van der Waals surface area contributed by atoms with Crippen LogP contribution in [0.4, 0.5) is 56.1 Å². The number of piperidine rings is 4. The monoisotopic (exact) mass is 1610 g/mol. The predicted octanol–water partition coefficient (Wildman–Crippen LogP) is 7.59. The van der Waals surface area contributed by atoms with Crippen molar-refractivity contribution < 1.29 is 33.8 Å². The molecule has 0 spiro atoms. The number of nitrogens with one attached hydrogen (secondary N) is 5. The van der Waals surface area contributed by atoms with Crippen molar-refractivity contribution in [3.05, 3.63) is 207 Å². The van der Waals surface area contributed by atoms with Crippen LogP contribution >= 0.6 is 0 Å². The Bertz CT molecular complexity index is 5950. The number of aliphatic hydroxyl groups is 2. The number of fused-ring (bicyclic) bond motifs is 3. The molecule has 4 aromatic carbocycles. The molecule has 13 heterocycles. The number of carbonyl (C=O) groups is 4. The molecule has 6 fully saturated rings. The molecular weight excluding hydrogens is 1520 g/mol. The number of aryl methyl sites for hydroxylation is 1. The van der Waals surface area contributed by atoms with E-state index in [4.69, 9.17) is 19.9 Å². The number of hydrogen-bond acceptors (Lipinski definition) is 24. The largest absolute Gasteiger partial charge is 0.384 e. The summed E-state index contributed by atoms with van der Waals surface area (Å²) in [4.78, 5) is 134. The summed E-state index contributed by atoms with van der Waals surface area (Å²) in [5.74, 6) is -0.695. The first-order valence-corrected chi connectivity index (χ1v) is 40.8. The molecule has 6 aliphatic rings. The molecule has 6 saturated heterocycles. The average Bonchev–Trinajstić information content (AvgIpc) is 1.60. The number of anilines is 9. The number of benzene rings is 4. The van der Waals surface area contributed by atoms with E-state index in [0.29, 0.717) is 71.5 Å². The number of imidazole rings is 1. The van der Waals surface area contributed by atoms with Crippen LogP contribution in [0.15, 0.2) is 173 Å². The summed E-state index contributed by atoms with van der Waals surface area (Å²) in [5, 5.41) is 38.4. The van der Waals surface area contributed by atoms with Crippen molar-refractivity contribution in [2.75, 3.05) is 114 Å². The summed E-state index contributed by atoms with van der Waals surface area (Å²) >= 11 is 0. The second kappa shape index (κ2) is 32.6. The Hall–Kier alpha value is -12.7. The highest BCUT2D eigenvalue weighted by Crippen LogP contribution is 2.36. The van der Waals surface area contributed by atoms with Crippen LogP contribution in [0.25, 0.3) is 44.7 Å². The van der Waals surface area contributed by atoms with Crippen molar-refractivity contribution in [3.8, 4) is 11.6 Å². The molecule has 3 unspecified atom stereocenters. The Labute approximate surface area is 683 Å². The molecule has 119 heavy (non-hydrogen) atoms. The molecule has 7 aromatic heterocycles. The fourth-order valence-electron chi connectivity index (χ4n) is 17.6. The Kier molecular flexibility index (Phi) is 21.6. The van der Waals surface area contributed by atoms with Crippen LogP contribution in [-0.2, 0) is 50.5 Å². The van der Waals surface area contributed by atoms with Crippen molar-refractivity contribution in [1.29, 1.82) is 0 Å². The maximum Gasteiger partial charge on any atom is 0.329 e. The van der Waals surface area contributed by atoms with Gasteiger partial charge in [0.25, 0.3) is 11.1 Å². The molecule has 6 aliphatic heterocycles. The van der Waals surface area contributed by atoms with E-state index in [2.05, 4.69) is 96.8 Å². The van der Waals surface area contributed by atoms with E-state index in [1.54, 1.807) is 109 Å². The van der Waals surface area contributed by atoms with E-state index >= 15 is 4.39 Å². The Morgan fingerprint density at radius 2 is 1.04 bits per heavy atom.